The summed E-state index contributed by atoms with van der Waals surface area (Å²) in [5.41, 5.74) is -0.0847. The zero-order chi connectivity index (χ0) is 13.1. The Bertz CT molecular complexity index is 651. The van der Waals surface area contributed by atoms with Gasteiger partial charge < -0.3 is 5.11 Å². The summed E-state index contributed by atoms with van der Waals surface area (Å²) in [6.07, 6.45) is 0.684. The highest BCUT2D eigenvalue weighted by Gasteiger charge is 2.15. The smallest absolute Gasteiger partial charge is 0.360 e. The Kier molecular flexibility index (Phi) is 3.36. The van der Waals surface area contributed by atoms with E-state index in [1.54, 1.807) is 18.2 Å². The number of alkyl halides is 1. The summed E-state index contributed by atoms with van der Waals surface area (Å²) in [6.45, 7) is -0.481. The van der Waals surface area contributed by atoms with Gasteiger partial charge in [-0.1, -0.05) is 12.1 Å². The number of benzene rings is 1. The van der Waals surface area contributed by atoms with Gasteiger partial charge in [-0.05, 0) is 24.5 Å². The number of hydrogen-bond donors (Lipinski definition) is 2. The van der Waals surface area contributed by atoms with Crippen molar-refractivity contribution >= 4 is 16.9 Å². The Morgan fingerprint density at radius 1 is 1.44 bits per heavy atom. The SMILES string of the molecule is O=C(O)c1n[nH]c2cccc(CCCF)c2c1=O. The molecule has 0 bridgehead atoms. The second kappa shape index (κ2) is 4.95. The number of aryl methyl sites for hydroxylation is 1. The molecule has 0 saturated heterocycles. The van der Waals surface area contributed by atoms with Crippen LogP contribution in [0.5, 0.6) is 0 Å². The number of carboxylic acids is 1. The number of rotatable bonds is 4. The fourth-order valence-electron chi connectivity index (χ4n) is 1.86. The quantitative estimate of drug-likeness (QED) is 0.861. The molecule has 0 spiro atoms. The number of nitrogens with zero attached hydrogens (tertiary/aromatic N) is 1. The van der Waals surface area contributed by atoms with Crippen molar-refractivity contribution in [2.24, 2.45) is 0 Å². The van der Waals surface area contributed by atoms with Gasteiger partial charge in [0.15, 0.2) is 0 Å². The summed E-state index contributed by atoms with van der Waals surface area (Å²) in [7, 11) is 0. The average molecular weight is 250 g/mol. The molecule has 6 heteroatoms. The molecule has 0 fully saturated rings. The number of carbonyl (C=O) groups is 1. The van der Waals surface area contributed by atoms with Crippen LogP contribution in [0.1, 0.15) is 22.5 Å². The fraction of sp³-hybridized carbons (Fsp3) is 0.250. The lowest BCUT2D eigenvalue weighted by Crippen LogP contribution is -2.19. The van der Waals surface area contributed by atoms with Crippen molar-refractivity contribution in [2.45, 2.75) is 12.8 Å². The van der Waals surface area contributed by atoms with Crippen molar-refractivity contribution < 1.29 is 14.3 Å². The molecule has 94 valence electrons. The van der Waals surface area contributed by atoms with E-state index >= 15 is 0 Å². The zero-order valence-corrected chi connectivity index (χ0v) is 9.44. The molecule has 0 aliphatic carbocycles. The van der Waals surface area contributed by atoms with Crippen LogP contribution < -0.4 is 5.43 Å². The number of carboxylic acid groups (broad SMARTS) is 1. The summed E-state index contributed by atoms with van der Waals surface area (Å²) in [5.74, 6) is -1.38. The monoisotopic (exact) mass is 250 g/mol. The minimum Gasteiger partial charge on any atom is -0.476 e. The first-order valence-corrected chi connectivity index (χ1v) is 5.44. The van der Waals surface area contributed by atoms with Crippen molar-refractivity contribution in [2.75, 3.05) is 6.67 Å². The van der Waals surface area contributed by atoms with Gasteiger partial charge in [0.05, 0.1) is 17.6 Å². The van der Waals surface area contributed by atoms with Gasteiger partial charge >= 0.3 is 5.97 Å². The van der Waals surface area contributed by atoms with E-state index in [4.69, 9.17) is 5.11 Å². The van der Waals surface area contributed by atoms with E-state index in [-0.39, 0.29) is 5.39 Å². The first-order chi connectivity index (χ1) is 8.65. The van der Waals surface area contributed by atoms with E-state index in [0.29, 0.717) is 23.9 Å². The van der Waals surface area contributed by atoms with Crippen LogP contribution in [0.4, 0.5) is 4.39 Å². The molecule has 0 atom stereocenters. The fourth-order valence-corrected chi connectivity index (χ4v) is 1.86. The number of H-pyrrole nitrogens is 1. The molecule has 0 aliphatic rings. The van der Waals surface area contributed by atoms with Gasteiger partial charge in [0, 0.05) is 0 Å². The Morgan fingerprint density at radius 3 is 2.89 bits per heavy atom. The molecule has 2 N–H and O–H groups in total. The Hall–Kier alpha value is -2.24. The number of aromatic nitrogens is 2. The van der Waals surface area contributed by atoms with Crippen LogP contribution in [0.15, 0.2) is 23.0 Å². The highest BCUT2D eigenvalue weighted by molar-refractivity contribution is 5.91. The molecule has 18 heavy (non-hydrogen) atoms. The van der Waals surface area contributed by atoms with Crippen LogP contribution in [0, 0.1) is 0 Å². The summed E-state index contributed by atoms with van der Waals surface area (Å²) >= 11 is 0. The maximum absolute atomic E-state index is 12.2. The number of fused-ring (bicyclic) bond motifs is 1. The van der Waals surface area contributed by atoms with E-state index in [9.17, 15) is 14.0 Å². The molecule has 1 aromatic carbocycles. The standard InChI is InChI=1S/C12H11FN2O3/c13-6-2-4-7-3-1-5-8-9(7)11(16)10(12(17)18)15-14-8/h1,3,5H,2,4,6H2,(H,14,16)(H,17,18). The Balaban J connectivity index is 2.69. The molecular formula is C12H11FN2O3. The van der Waals surface area contributed by atoms with Gasteiger partial charge in [0.25, 0.3) is 0 Å². The molecule has 2 rings (SSSR count). The largest absolute Gasteiger partial charge is 0.476 e. The number of nitrogens with one attached hydrogen (secondary N) is 1. The van der Waals surface area contributed by atoms with Crippen LogP contribution in [0.2, 0.25) is 0 Å². The van der Waals surface area contributed by atoms with Gasteiger partial charge in [-0.3, -0.25) is 14.3 Å². The minimum absolute atomic E-state index is 0.276. The van der Waals surface area contributed by atoms with Crippen molar-refractivity contribution in [3.63, 3.8) is 0 Å². The van der Waals surface area contributed by atoms with Crippen molar-refractivity contribution in [3.8, 4) is 0 Å². The molecule has 1 heterocycles. The van der Waals surface area contributed by atoms with Gasteiger partial charge in [-0.15, -0.1) is 0 Å². The van der Waals surface area contributed by atoms with Crippen molar-refractivity contribution in [1.82, 2.24) is 10.2 Å². The Morgan fingerprint density at radius 2 is 2.22 bits per heavy atom. The van der Waals surface area contributed by atoms with E-state index in [2.05, 4.69) is 10.2 Å². The molecule has 0 amide bonds. The van der Waals surface area contributed by atoms with Gasteiger partial charge in [-0.2, -0.15) is 5.10 Å². The predicted octanol–water partition coefficient (Wildman–Crippen LogP) is 1.52. The van der Waals surface area contributed by atoms with Gasteiger partial charge in [0.2, 0.25) is 11.1 Å². The lowest BCUT2D eigenvalue weighted by atomic mass is 10.0. The maximum Gasteiger partial charge on any atom is 0.360 e. The molecule has 1 aromatic heterocycles. The van der Waals surface area contributed by atoms with Gasteiger partial charge in [-0.25, -0.2) is 4.79 Å². The summed E-state index contributed by atoms with van der Waals surface area (Å²) in [4.78, 5) is 22.8. The third kappa shape index (κ3) is 2.09. The topological polar surface area (TPSA) is 83.0 Å². The number of aromatic amines is 1. The summed E-state index contributed by atoms with van der Waals surface area (Å²) in [6, 6.07) is 5.04. The van der Waals surface area contributed by atoms with Crippen LogP contribution >= 0.6 is 0 Å². The predicted molar refractivity (Wildman–Crippen MR) is 63.6 cm³/mol. The van der Waals surface area contributed by atoms with Gasteiger partial charge in [0.1, 0.15) is 0 Å². The van der Waals surface area contributed by atoms with Crippen LogP contribution in [-0.2, 0) is 6.42 Å². The normalized spacial score (nSPS) is 10.7. The molecule has 2 aromatic rings. The summed E-state index contributed by atoms with van der Waals surface area (Å²) in [5, 5.41) is 15.2. The second-order valence-corrected chi connectivity index (χ2v) is 3.84. The second-order valence-electron chi connectivity index (χ2n) is 3.84. The van der Waals surface area contributed by atoms with E-state index in [1.165, 1.54) is 0 Å². The lowest BCUT2D eigenvalue weighted by molar-refractivity contribution is 0.0688. The third-order valence-electron chi connectivity index (χ3n) is 2.66. The molecule has 0 radical (unpaired) electrons. The first-order valence-electron chi connectivity index (χ1n) is 5.44. The van der Waals surface area contributed by atoms with Crippen LogP contribution in [0.25, 0.3) is 10.9 Å². The third-order valence-corrected chi connectivity index (χ3v) is 2.66. The number of hydrogen-bond acceptors (Lipinski definition) is 3. The van der Waals surface area contributed by atoms with Crippen molar-refractivity contribution in [1.29, 1.82) is 0 Å². The van der Waals surface area contributed by atoms with E-state index in [1.807, 2.05) is 0 Å². The lowest BCUT2D eigenvalue weighted by Gasteiger charge is -2.05. The zero-order valence-electron chi connectivity index (χ0n) is 9.44. The molecule has 0 saturated carbocycles. The van der Waals surface area contributed by atoms with E-state index in [0.717, 1.165) is 0 Å². The van der Waals surface area contributed by atoms with Crippen LogP contribution in [0.3, 0.4) is 0 Å². The van der Waals surface area contributed by atoms with Crippen LogP contribution in [-0.4, -0.2) is 27.9 Å². The van der Waals surface area contributed by atoms with E-state index < -0.39 is 23.8 Å². The molecular weight excluding hydrogens is 239 g/mol. The maximum atomic E-state index is 12.2. The minimum atomic E-state index is -1.38. The highest BCUT2D eigenvalue weighted by atomic mass is 19.1. The molecule has 0 unspecified atom stereocenters. The average Bonchev–Trinajstić information content (AvgIpc) is 2.36. The molecule has 5 nitrogen and oxygen atoms in total. The molecule has 0 aliphatic heterocycles. The number of aromatic carboxylic acids is 1. The Labute approximate surface area is 101 Å². The first kappa shape index (κ1) is 12.2. The summed E-state index contributed by atoms with van der Waals surface area (Å²) < 4.78 is 12.2. The van der Waals surface area contributed by atoms with Crippen molar-refractivity contribution in [3.05, 3.63) is 39.7 Å². The number of halogens is 1. The highest BCUT2D eigenvalue weighted by Crippen LogP contribution is 2.14.